The molecule has 0 spiro atoms. The van der Waals surface area contributed by atoms with Crippen LogP contribution in [0.2, 0.25) is 0 Å². The smallest absolute Gasteiger partial charge is 0.410 e. The van der Waals surface area contributed by atoms with Gasteiger partial charge in [0, 0.05) is 36.7 Å². The number of esters is 1. The van der Waals surface area contributed by atoms with Gasteiger partial charge in [-0.25, -0.2) is 9.59 Å². The third kappa shape index (κ3) is 5.45. The van der Waals surface area contributed by atoms with Crippen molar-refractivity contribution in [1.82, 2.24) is 9.80 Å². The van der Waals surface area contributed by atoms with Gasteiger partial charge >= 0.3 is 12.1 Å². The fourth-order valence-electron chi connectivity index (χ4n) is 3.00. The molecule has 1 fully saturated rings. The summed E-state index contributed by atoms with van der Waals surface area (Å²) < 4.78 is 11.2. The number of nitrogens with zero attached hydrogens (tertiary/aromatic N) is 2. The summed E-state index contributed by atoms with van der Waals surface area (Å²) >= 11 is 3.40. The van der Waals surface area contributed by atoms with Crippen molar-refractivity contribution >= 4 is 28.0 Å². The molecule has 1 aromatic carbocycles. The quantitative estimate of drug-likeness (QED) is 0.689. The third-order valence-corrected chi connectivity index (χ3v) is 4.70. The summed E-state index contributed by atoms with van der Waals surface area (Å²) in [6.45, 7) is 10.3. The molecule has 26 heavy (non-hydrogen) atoms. The van der Waals surface area contributed by atoms with Gasteiger partial charge in [0.2, 0.25) is 0 Å². The summed E-state index contributed by atoms with van der Waals surface area (Å²) in [6, 6.07) is 5.67. The lowest BCUT2D eigenvalue weighted by atomic mass is 10.1. The second kappa shape index (κ2) is 8.39. The lowest BCUT2D eigenvalue weighted by Crippen LogP contribution is -2.54. The number of carbonyl (C=O) groups excluding carboxylic acids is 2. The average molecular weight is 427 g/mol. The number of ether oxygens (including phenoxy) is 2. The van der Waals surface area contributed by atoms with Crippen molar-refractivity contribution in [2.24, 2.45) is 0 Å². The highest BCUT2D eigenvalue weighted by atomic mass is 79.9. The fraction of sp³-hybridized carbons (Fsp3) is 0.579. The van der Waals surface area contributed by atoms with Gasteiger partial charge in [-0.2, -0.15) is 0 Å². The monoisotopic (exact) mass is 426 g/mol. The van der Waals surface area contributed by atoms with Crippen molar-refractivity contribution in [2.75, 3.05) is 26.7 Å². The first-order chi connectivity index (χ1) is 12.1. The summed E-state index contributed by atoms with van der Waals surface area (Å²) in [6.07, 6.45) is -0.274. The fourth-order valence-corrected chi connectivity index (χ4v) is 3.36. The standard InChI is InChI=1S/C19H27BrN2O4/c1-13-11-21(8-9-22(13)18(24)26-19(2,3)4)12-14-6-7-15(20)10-16(14)17(23)25-5/h6-7,10,13H,8-9,11-12H2,1-5H3/t13-/m0/s1. The van der Waals surface area contributed by atoms with Gasteiger partial charge in [0.25, 0.3) is 0 Å². The van der Waals surface area contributed by atoms with Gasteiger partial charge in [0.1, 0.15) is 5.60 Å². The van der Waals surface area contributed by atoms with Crippen LogP contribution in [0.25, 0.3) is 0 Å². The first-order valence-electron chi connectivity index (χ1n) is 8.69. The normalized spacial score (nSPS) is 18.5. The minimum absolute atomic E-state index is 0.0376. The molecule has 0 aromatic heterocycles. The predicted molar refractivity (Wildman–Crippen MR) is 103 cm³/mol. The zero-order valence-electron chi connectivity index (χ0n) is 16.0. The van der Waals surface area contributed by atoms with Gasteiger partial charge in [-0.1, -0.05) is 22.0 Å². The molecule has 2 rings (SSSR count). The average Bonchev–Trinajstić information content (AvgIpc) is 2.54. The number of rotatable bonds is 3. The highest BCUT2D eigenvalue weighted by molar-refractivity contribution is 9.10. The van der Waals surface area contributed by atoms with Crippen molar-refractivity contribution in [1.29, 1.82) is 0 Å². The molecular formula is C19H27BrN2O4. The maximum Gasteiger partial charge on any atom is 0.410 e. The molecule has 0 bridgehead atoms. The minimum atomic E-state index is -0.499. The van der Waals surface area contributed by atoms with E-state index in [4.69, 9.17) is 9.47 Å². The lowest BCUT2D eigenvalue weighted by Gasteiger charge is -2.40. The number of benzene rings is 1. The number of carbonyl (C=O) groups is 2. The summed E-state index contributed by atoms with van der Waals surface area (Å²) in [5, 5.41) is 0. The van der Waals surface area contributed by atoms with Crippen LogP contribution in [-0.4, -0.2) is 60.2 Å². The van der Waals surface area contributed by atoms with Crippen molar-refractivity contribution < 1.29 is 19.1 Å². The van der Waals surface area contributed by atoms with Crippen LogP contribution < -0.4 is 0 Å². The Morgan fingerprint density at radius 3 is 2.54 bits per heavy atom. The Morgan fingerprint density at radius 2 is 1.96 bits per heavy atom. The van der Waals surface area contributed by atoms with Gasteiger partial charge in [-0.3, -0.25) is 4.90 Å². The second-order valence-corrected chi connectivity index (χ2v) is 8.47. The first-order valence-corrected chi connectivity index (χ1v) is 9.48. The van der Waals surface area contributed by atoms with Gasteiger partial charge in [-0.05, 0) is 45.4 Å². The maximum atomic E-state index is 12.3. The molecule has 1 amide bonds. The highest BCUT2D eigenvalue weighted by Gasteiger charge is 2.31. The molecule has 7 heteroatoms. The van der Waals surface area contributed by atoms with E-state index in [0.29, 0.717) is 18.7 Å². The molecule has 0 N–H and O–H groups in total. The van der Waals surface area contributed by atoms with E-state index in [1.54, 1.807) is 11.0 Å². The topological polar surface area (TPSA) is 59.1 Å². The summed E-state index contributed by atoms with van der Waals surface area (Å²) in [7, 11) is 1.38. The molecular weight excluding hydrogens is 400 g/mol. The van der Waals surface area contributed by atoms with Crippen LogP contribution in [0.15, 0.2) is 22.7 Å². The van der Waals surface area contributed by atoms with Crippen LogP contribution in [0.4, 0.5) is 4.79 Å². The summed E-state index contributed by atoms with van der Waals surface area (Å²) in [5.41, 5.74) is 0.975. The molecule has 1 atom stereocenters. The van der Waals surface area contributed by atoms with E-state index in [-0.39, 0.29) is 18.1 Å². The molecule has 1 aliphatic rings. The zero-order valence-corrected chi connectivity index (χ0v) is 17.6. The van der Waals surface area contributed by atoms with Gasteiger partial charge in [0.15, 0.2) is 0 Å². The molecule has 0 saturated carbocycles. The molecule has 1 saturated heterocycles. The van der Waals surface area contributed by atoms with Gasteiger partial charge in [-0.15, -0.1) is 0 Å². The van der Waals surface area contributed by atoms with Crippen LogP contribution in [0, 0.1) is 0 Å². The van der Waals surface area contributed by atoms with Crippen LogP contribution in [-0.2, 0) is 16.0 Å². The molecule has 0 aliphatic carbocycles. The molecule has 6 nitrogen and oxygen atoms in total. The molecule has 1 aromatic rings. The number of amides is 1. The van der Waals surface area contributed by atoms with E-state index in [1.807, 2.05) is 39.8 Å². The Kier molecular flexibility index (Phi) is 6.69. The largest absolute Gasteiger partial charge is 0.465 e. The third-order valence-electron chi connectivity index (χ3n) is 4.21. The van der Waals surface area contributed by atoms with E-state index >= 15 is 0 Å². The van der Waals surface area contributed by atoms with Crippen LogP contribution >= 0.6 is 15.9 Å². The van der Waals surface area contributed by atoms with Gasteiger partial charge < -0.3 is 14.4 Å². The Bertz CT molecular complexity index is 672. The minimum Gasteiger partial charge on any atom is -0.465 e. The van der Waals surface area contributed by atoms with Crippen LogP contribution in [0.5, 0.6) is 0 Å². The lowest BCUT2D eigenvalue weighted by molar-refractivity contribution is 0.000547. The van der Waals surface area contributed by atoms with Gasteiger partial charge in [0.05, 0.1) is 12.7 Å². The molecule has 144 valence electrons. The van der Waals surface area contributed by atoms with Crippen molar-refractivity contribution in [3.8, 4) is 0 Å². The highest BCUT2D eigenvalue weighted by Crippen LogP contribution is 2.22. The number of hydrogen-bond donors (Lipinski definition) is 0. The Labute approximate surface area is 163 Å². The Balaban J connectivity index is 2.04. The zero-order chi connectivity index (χ0) is 19.5. The Morgan fingerprint density at radius 1 is 1.27 bits per heavy atom. The van der Waals surface area contributed by atoms with Crippen LogP contribution in [0.1, 0.15) is 43.6 Å². The molecule has 1 aliphatic heterocycles. The number of halogens is 1. The molecule has 0 radical (unpaired) electrons. The predicted octanol–water partition coefficient (Wildman–Crippen LogP) is 3.68. The number of methoxy groups -OCH3 is 1. The van der Waals surface area contributed by atoms with Crippen LogP contribution in [0.3, 0.4) is 0 Å². The SMILES string of the molecule is COC(=O)c1cc(Br)ccc1CN1CCN(C(=O)OC(C)(C)C)[C@@H](C)C1. The summed E-state index contributed by atoms with van der Waals surface area (Å²) in [4.78, 5) is 28.4. The van der Waals surface area contributed by atoms with Crippen molar-refractivity contribution in [3.05, 3.63) is 33.8 Å². The van der Waals surface area contributed by atoms with E-state index in [9.17, 15) is 9.59 Å². The Hall–Kier alpha value is -1.60. The second-order valence-electron chi connectivity index (χ2n) is 7.55. The number of hydrogen-bond acceptors (Lipinski definition) is 5. The maximum absolute atomic E-state index is 12.3. The van der Waals surface area contributed by atoms with E-state index < -0.39 is 5.60 Å². The molecule has 1 heterocycles. The first kappa shape index (κ1) is 20.7. The van der Waals surface area contributed by atoms with Crippen molar-refractivity contribution in [3.63, 3.8) is 0 Å². The molecule has 0 unspecified atom stereocenters. The number of piperazine rings is 1. The summed E-state index contributed by atoms with van der Waals surface area (Å²) in [5.74, 6) is -0.346. The van der Waals surface area contributed by atoms with Crippen molar-refractivity contribution in [2.45, 2.75) is 45.9 Å². The van der Waals surface area contributed by atoms with E-state index in [0.717, 1.165) is 23.1 Å². The van der Waals surface area contributed by atoms with E-state index in [1.165, 1.54) is 7.11 Å². The van der Waals surface area contributed by atoms with E-state index in [2.05, 4.69) is 20.8 Å².